The highest BCUT2D eigenvalue weighted by Crippen LogP contribution is 2.38. The van der Waals surface area contributed by atoms with E-state index in [0.29, 0.717) is 11.5 Å². The second kappa shape index (κ2) is 7.61. The molecule has 1 aromatic carbocycles. The van der Waals surface area contributed by atoms with Crippen LogP contribution in [0.1, 0.15) is 30.9 Å². The lowest BCUT2D eigenvalue weighted by Gasteiger charge is -2.16. The fourth-order valence-electron chi connectivity index (χ4n) is 1.79. The summed E-state index contributed by atoms with van der Waals surface area (Å²) in [5.41, 5.74) is 7.12. The lowest BCUT2D eigenvalue weighted by molar-refractivity contribution is 0.281. The number of rotatable bonds is 7. The van der Waals surface area contributed by atoms with Gasteiger partial charge in [0.25, 0.3) is 0 Å². The maximum absolute atomic E-state index is 8.76. The van der Waals surface area contributed by atoms with Gasteiger partial charge in [-0.3, -0.25) is 0 Å². The van der Waals surface area contributed by atoms with Crippen LogP contribution in [0.4, 0.5) is 0 Å². The van der Waals surface area contributed by atoms with Crippen molar-refractivity contribution in [2.75, 3.05) is 20.8 Å². The maximum Gasteiger partial charge on any atom is 0.174 e. The first-order valence-electron chi connectivity index (χ1n) is 5.91. The molecule has 0 amide bonds. The van der Waals surface area contributed by atoms with Crippen molar-refractivity contribution in [2.45, 2.75) is 25.3 Å². The average Bonchev–Trinajstić information content (AvgIpc) is 2.37. The molecule has 1 aromatic rings. The topological polar surface area (TPSA) is 64.7 Å². The average molecular weight is 318 g/mol. The minimum absolute atomic E-state index is 0.0624. The first-order chi connectivity index (χ1) is 8.63. The van der Waals surface area contributed by atoms with Gasteiger partial charge in [0.05, 0.1) is 18.7 Å². The molecule has 18 heavy (non-hydrogen) atoms. The van der Waals surface area contributed by atoms with Crippen LogP contribution in [0.5, 0.6) is 11.5 Å². The summed E-state index contributed by atoms with van der Waals surface area (Å²) in [5.74, 6) is 1.34. The monoisotopic (exact) mass is 317 g/mol. The smallest absolute Gasteiger partial charge is 0.174 e. The van der Waals surface area contributed by atoms with Crippen molar-refractivity contribution in [1.29, 1.82) is 0 Å². The fourth-order valence-corrected chi connectivity index (χ4v) is 2.42. The van der Waals surface area contributed by atoms with Gasteiger partial charge in [-0.05, 0) is 52.9 Å². The molecule has 1 atom stereocenters. The van der Waals surface area contributed by atoms with Gasteiger partial charge in [-0.25, -0.2) is 0 Å². The molecule has 102 valence electrons. The van der Waals surface area contributed by atoms with Crippen molar-refractivity contribution in [2.24, 2.45) is 5.73 Å². The maximum atomic E-state index is 8.76. The lowest BCUT2D eigenvalue weighted by Crippen LogP contribution is -2.11. The molecule has 0 saturated carbocycles. The van der Waals surface area contributed by atoms with E-state index in [1.165, 1.54) is 0 Å². The van der Waals surface area contributed by atoms with Gasteiger partial charge in [0, 0.05) is 12.6 Å². The Balaban J connectivity index is 2.86. The molecule has 0 bridgehead atoms. The second-order valence-corrected chi connectivity index (χ2v) is 4.92. The Morgan fingerprint density at radius 3 is 2.56 bits per heavy atom. The number of hydrogen-bond acceptors (Lipinski definition) is 4. The summed E-state index contributed by atoms with van der Waals surface area (Å²) in [6.07, 6.45) is 2.52. The van der Waals surface area contributed by atoms with Crippen LogP contribution in [-0.4, -0.2) is 25.9 Å². The van der Waals surface area contributed by atoms with E-state index < -0.39 is 0 Å². The highest BCUT2D eigenvalue weighted by molar-refractivity contribution is 9.10. The molecule has 0 spiro atoms. The molecule has 0 aliphatic heterocycles. The Kier molecular flexibility index (Phi) is 6.46. The largest absolute Gasteiger partial charge is 0.493 e. The fraction of sp³-hybridized carbons (Fsp3) is 0.538. The van der Waals surface area contributed by atoms with Gasteiger partial charge in [-0.15, -0.1) is 0 Å². The molecule has 0 saturated heterocycles. The van der Waals surface area contributed by atoms with Crippen LogP contribution in [0.3, 0.4) is 0 Å². The predicted molar refractivity (Wildman–Crippen MR) is 75.1 cm³/mol. The summed E-state index contributed by atoms with van der Waals surface area (Å²) < 4.78 is 11.4. The number of halogens is 1. The third-order valence-electron chi connectivity index (χ3n) is 2.81. The SMILES string of the molecule is COc1cc([C@H](N)CCCCO)cc(Br)c1OC. The molecule has 0 fully saturated rings. The third-order valence-corrected chi connectivity index (χ3v) is 3.40. The molecule has 0 unspecified atom stereocenters. The third kappa shape index (κ3) is 3.86. The van der Waals surface area contributed by atoms with Gasteiger partial charge in [-0.2, -0.15) is 0 Å². The molecule has 4 nitrogen and oxygen atoms in total. The van der Waals surface area contributed by atoms with Crippen molar-refractivity contribution < 1.29 is 14.6 Å². The number of ether oxygens (including phenoxy) is 2. The zero-order valence-corrected chi connectivity index (χ0v) is 12.4. The number of aliphatic hydroxyl groups excluding tert-OH is 1. The highest BCUT2D eigenvalue weighted by atomic mass is 79.9. The molecule has 0 aliphatic carbocycles. The van der Waals surface area contributed by atoms with Gasteiger partial charge in [0.1, 0.15) is 0 Å². The summed E-state index contributed by atoms with van der Waals surface area (Å²) in [4.78, 5) is 0. The van der Waals surface area contributed by atoms with Crippen molar-refractivity contribution >= 4 is 15.9 Å². The Bertz CT molecular complexity index is 385. The number of benzene rings is 1. The first kappa shape index (κ1) is 15.3. The number of nitrogens with two attached hydrogens (primary N) is 1. The Labute approximate surface area is 116 Å². The molecule has 1 rings (SSSR count). The van der Waals surface area contributed by atoms with Gasteiger partial charge < -0.3 is 20.3 Å². The van der Waals surface area contributed by atoms with E-state index in [2.05, 4.69) is 15.9 Å². The highest BCUT2D eigenvalue weighted by Gasteiger charge is 2.14. The number of aliphatic hydroxyl groups is 1. The van der Waals surface area contributed by atoms with Crippen LogP contribution >= 0.6 is 15.9 Å². The van der Waals surface area contributed by atoms with Gasteiger partial charge in [-0.1, -0.05) is 0 Å². The molecule has 3 N–H and O–H groups in total. The van der Waals surface area contributed by atoms with Gasteiger partial charge >= 0.3 is 0 Å². The summed E-state index contributed by atoms with van der Waals surface area (Å²) in [6, 6.07) is 3.78. The normalized spacial score (nSPS) is 12.3. The molecule has 0 heterocycles. The Morgan fingerprint density at radius 1 is 1.28 bits per heavy atom. The number of unbranched alkanes of at least 4 members (excludes halogenated alkanes) is 1. The second-order valence-electron chi connectivity index (χ2n) is 4.06. The molecule has 0 aromatic heterocycles. The lowest BCUT2D eigenvalue weighted by atomic mass is 10.0. The van der Waals surface area contributed by atoms with Crippen molar-refractivity contribution in [1.82, 2.24) is 0 Å². The van der Waals surface area contributed by atoms with Crippen LogP contribution in [0.2, 0.25) is 0 Å². The van der Waals surface area contributed by atoms with E-state index in [1.807, 2.05) is 12.1 Å². The molecular weight excluding hydrogens is 298 g/mol. The van der Waals surface area contributed by atoms with Gasteiger partial charge in [0.2, 0.25) is 0 Å². The summed E-state index contributed by atoms with van der Waals surface area (Å²) in [6.45, 7) is 0.211. The standard InChI is InChI=1S/C13H20BrNO3/c1-17-12-8-9(7-10(14)13(12)18-2)11(15)5-3-4-6-16/h7-8,11,16H,3-6,15H2,1-2H3/t11-/m1/s1. The van der Waals surface area contributed by atoms with E-state index in [0.717, 1.165) is 29.3 Å². The predicted octanol–water partition coefficient (Wildman–Crippen LogP) is 2.63. The van der Waals surface area contributed by atoms with E-state index in [-0.39, 0.29) is 12.6 Å². The molecule has 0 radical (unpaired) electrons. The van der Waals surface area contributed by atoms with Gasteiger partial charge in [0.15, 0.2) is 11.5 Å². The molecule has 5 heteroatoms. The number of hydrogen-bond donors (Lipinski definition) is 2. The van der Waals surface area contributed by atoms with E-state index in [1.54, 1.807) is 14.2 Å². The zero-order valence-electron chi connectivity index (χ0n) is 10.8. The van der Waals surface area contributed by atoms with E-state index in [4.69, 9.17) is 20.3 Å². The molecular formula is C13H20BrNO3. The Morgan fingerprint density at radius 2 is 2.00 bits per heavy atom. The van der Waals surface area contributed by atoms with Crippen molar-refractivity contribution in [3.05, 3.63) is 22.2 Å². The quantitative estimate of drug-likeness (QED) is 0.759. The van der Waals surface area contributed by atoms with Crippen molar-refractivity contribution in [3.63, 3.8) is 0 Å². The number of methoxy groups -OCH3 is 2. The van der Waals surface area contributed by atoms with E-state index in [9.17, 15) is 0 Å². The minimum atomic E-state index is -0.0624. The first-order valence-corrected chi connectivity index (χ1v) is 6.71. The van der Waals surface area contributed by atoms with Crippen LogP contribution in [0.15, 0.2) is 16.6 Å². The van der Waals surface area contributed by atoms with Crippen LogP contribution < -0.4 is 15.2 Å². The minimum Gasteiger partial charge on any atom is -0.493 e. The van der Waals surface area contributed by atoms with Crippen molar-refractivity contribution in [3.8, 4) is 11.5 Å². The molecule has 0 aliphatic rings. The summed E-state index contributed by atoms with van der Waals surface area (Å²) in [7, 11) is 3.20. The van der Waals surface area contributed by atoms with Crippen LogP contribution in [-0.2, 0) is 0 Å². The Hall–Kier alpha value is -0.780. The van der Waals surface area contributed by atoms with E-state index >= 15 is 0 Å². The van der Waals surface area contributed by atoms with Crippen LogP contribution in [0, 0.1) is 0 Å². The van der Waals surface area contributed by atoms with Crippen LogP contribution in [0.25, 0.3) is 0 Å². The summed E-state index contributed by atoms with van der Waals surface area (Å²) >= 11 is 3.45. The summed E-state index contributed by atoms with van der Waals surface area (Å²) in [5, 5.41) is 8.76. The zero-order chi connectivity index (χ0) is 13.5.